The number of hydrogen-bond acceptors (Lipinski definition) is 7. The monoisotopic (exact) mass is 1150 g/mol. The average Bonchev–Trinajstić information content (AvgIpc) is 3.42. The number of allylic oxidation sites excluding steroid dienone is 8. The van der Waals surface area contributed by atoms with Gasteiger partial charge in [-0.1, -0.05) is 294 Å². The highest BCUT2D eigenvalue weighted by atomic mass is 31.2. The molecular weight excluding hydrogens is 1010 g/mol. The average molecular weight is 1150 g/mol. The molecule has 0 spiro atoms. The molecule has 0 saturated carbocycles. The molecule has 0 radical (unpaired) electrons. The van der Waals surface area contributed by atoms with Crippen LogP contribution in [0.5, 0.6) is 0 Å². The molecule has 10 heteroatoms. The molecule has 9 nitrogen and oxygen atoms in total. The third kappa shape index (κ3) is 65.1. The Morgan fingerprint density at radius 2 is 0.675 bits per heavy atom. The van der Waals surface area contributed by atoms with Crippen LogP contribution in [-0.4, -0.2) is 74.9 Å². The number of nitrogens with zero attached hydrogens (tertiary/aromatic N) is 1. The van der Waals surface area contributed by atoms with Crippen LogP contribution in [0.15, 0.2) is 48.6 Å². The second-order valence-electron chi connectivity index (χ2n) is 24.6. The standard InChI is InChI=1S/C70H132NO8P/c1-6-8-10-12-14-16-18-20-22-24-26-27-28-29-30-31-32-33-34-35-36-37-38-39-40-41-42-43-45-47-49-51-53-55-57-59-61-63-70(73)79-68(67-78-80(74,75)77-65-64-71(3,4)5)66-76-69(72)62-60-58-56-54-52-50-48-46-44-25-23-21-19-17-15-13-11-9-7-2/h15,17-18,20-21,23-24,26,68H,6-14,16,19,22,25,27-67H2,1-5H3/p+1/b17-15-,20-18-,23-21-,26-24-. The Balaban J connectivity index is 3.94. The van der Waals surface area contributed by atoms with E-state index in [1.165, 1.54) is 257 Å². The number of ether oxygens (including phenoxy) is 2. The summed E-state index contributed by atoms with van der Waals surface area (Å²) in [5.74, 6) is -0.787. The highest BCUT2D eigenvalue weighted by Crippen LogP contribution is 2.43. The van der Waals surface area contributed by atoms with Gasteiger partial charge in [0.05, 0.1) is 27.7 Å². The van der Waals surface area contributed by atoms with Gasteiger partial charge >= 0.3 is 19.8 Å². The van der Waals surface area contributed by atoms with Gasteiger partial charge < -0.3 is 18.9 Å². The van der Waals surface area contributed by atoms with Gasteiger partial charge in [-0.2, -0.15) is 0 Å². The van der Waals surface area contributed by atoms with Crippen LogP contribution in [0.4, 0.5) is 0 Å². The van der Waals surface area contributed by atoms with Crippen molar-refractivity contribution in [2.75, 3.05) is 47.5 Å². The lowest BCUT2D eigenvalue weighted by molar-refractivity contribution is -0.870. The van der Waals surface area contributed by atoms with Crippen LogP contribution < -0.4 is 0 Å². The van der Waals surface area contributed by atoms with Gasteiger partial charge in [0.1, 0.15) is 19.8 Å². The van der Waals surface area contributed by atoms with Crippen molar-refractivity contribution in [1.29, 1.82) is 0 Å². The number of phosphoric acid groups is 1. The van der Waals surface area contributed by atoms with Crippen LogP contribution in [-0.2, 0) is 32.7 Å². The third-order valence-electron chi connectivity index (χ3n) is 15.3. The summed E-state index contributed by atoms with van der Waals surface area (Å²) in [5.41, 5.74) is 0. The van der Waals surface area contributed by atoms with E-state index in [1.807, 2.05) is 21.1 Å². The predicted molar refractivity (Wildman–Crippen MR) is 344 cm³/mol. The normalized spacial score (nSPS) is 13.4. The van der Waals surface area contributed by atoms with E-state index in [0.717, 1.165) is 44.9 Å². The Morgan fingerprint density at radius 3 is 1.01 bits per heavy atom. The van der Waals surface area contributed by atoms with Crippen LogP contribution in [0.3, 0.4) is 0 Å². The molecule has 2 atom stereocenters. The largest absolute Gasteiger partial charge is 0.472 e. The Bertz CT molecular complexity index is 1490. The number of rotatable bonds is 64. The summed E-state index contributed by atoms with van der Waals surface area (Å²) in [7, 11) is 1.49. The van der Waals surface area contributed by atoms with Crippen molar-refractivity contribution >= 4 is 19.8 Å². The third-order valence-corrected chi connectivity index (χ3v) is 16.3. The van der Waals surface area contributed by atoms with Gasteiger partial charge in [-0.05, 0) is 77.0 Å². The summed E-state index contributed by atoms with van der Waals surface area (Å²) >= 11 is 0. The van der Waals surface area contributed by atoms with Gasteiger partial charge in [0.2, 0.25) is 0 Å². The molecule has 0 heterocycles. The highest BCUT2D eigenvalue weighted by molar-refractivity contribution is 7.47. The minimum atomic E-state index is -4.39. The molecule has 0 saturated heterocycles. The zero-order valence-corrected chi connectivity index (χ0v) is 54.5. The SMILES string of the molecule is CCCCC/C=C\C/C=C\CCCCCCCCCCCC(=O)OCC(COP(=O)(O)OCC[N+](C)(C)C)OC(=O)CCCCCCCCCCCCCCCCCCCCCCCCCCC/C=C\C/C=C\CCCCCCC. The number of likely N-dealkylation sites (N-methyl/N-ethyl adjacent to an activating group) is 1. The first-order valence-electron chi connectivity index (χ1n) is 34.4. The first-order chi connectivity index (χ1) is 39.0. The molecule has 0 bridgehead atoms. The van der Waals surface area contributed by atoms with E-state index >= 15 is 0 Å². The summed E-state index contributed by atoms with van der Waals surface area (Å²) in [5, 5.41) is 0. The molecule has 0 amide bonds. The molecule has 0 rings (SSSR count). The highest BCUT2D eigenvalue weighted by Gasteiger charge is 2.27. The van der Waals surface area contributed by atoms with Crippen LogP contribution in [0.2, 0.25) is 0 Å². The van der Waals surface area contributed by atoms with Gasteiger partial charge in [-0.3, -0.25) is 18.6 Å². The number of carbonyl (C=O) groups is 2. The van der Waals surface area contributed by atoms with Crippen LogP contribution in [0.1, 0.15) is 335 Å². The molecule has 2 unspecified atom stereocenters. The lowest BCUT2D eigenvalue weighted by atomic mass is 10.0. The molecule has 0 aromatic rings. The van der Waals surface area contributed by atoms with Crippen molar-refractivity contribution in [3.8, 4) is 0 Å². The molecule has 0 aromatic heterocycles. The van der Waals surface area contributed by atoms with E-state index in [2.05, 4.69) is 62.5 Å². The maximum absolute atomic E-state index is 12.9. The molecular formula is C70H133NO8P+. The smallest absolute Gasteiger partial charge is 0.462 e. The summed E-state index contributed by atoms with van der Waals surface area (Å²) in [6.45, 7) is 4.44. The van der Waals surface area contributed by atoms with E-state index in [1.54, 1.807) is 0 Å². The van der Waals surface area contributed by atoms with Gasteiger partial charge in [-0.15, -0.1) is 0 Å². The number of quaternary nitrogens is 1. The lowest BCUT2D eigenvalue weighted by Gasteiger charge is -2.24. The van der Waals surface area contributed by atoms with E-state index in [-0.39, 0.29) is 32.0 Å². The van der Waals surface area contributed by atoms with E-state index in [4.69, 9.17) is 18.5 Å². The van der Waals surface area contributed by atoms with Gasteiger partial charge in [0.25, 0.3) is 0 Å². The first kappa shape index (κ1) is 78.0. The van der Waals surface area contributed by atoms with Crippen LogP contribution >= 0.6 is 7.82 Å². The number of unbranched alkanes of at least 4 members (excludes halogenated alkanes) is 42. The quantitative estimate of drug-likeness (QED) is 0.0211. The topological polar surface area (TPSA) is 108 Å². The van der Waals surface area contributed by atoms with Crippen LogP contribution in [0, 0.1) is 0 Å². The zero-order chi connectivity index (χ0) is 58.4. The molecule has 80 heavy (non-hydrogen) atoms. The molecule has 0 aromatic carbocycles. The minimum absolute atomic E-state index is 0.0324. The minimum Gasteiger partial charge on any atom is -0.462 e. The molecule has 0 aliphatic heterocycles. The Labute approximate surface area is 496 Å². The van der Waals surface area contributed by atoms with E-state index in [9.17, 15) is 19.0 Å². The Kier molecular flexibility index (Phi) is 60.0. The van der Waals surface area contributed by atoms with Crippen molar-refractivity contribution in [2.24, 2.45) is 0 Å². The Morgan fingerprint density at radius 1 is 0.388 bits per heavy atom. The zero-order valence-electron chi connectivity index (χ0n) is 53.6. The number of esters is 2. The van der Waals surface area contributed by atoms with Crippen molar-refractivity contribution < 1.29 is 42.1 Å². The summed E-state index contributed by atoms with van der Waals surface area (Å²) in [4.78, 5) is 35.8. The van der Waals surface area contributed by atoms with Crippen molar-refractivity contribution in [3.63, 3.8) is 0 Å². The van der Waals surface area contributed by atoms with E-state index < -0.39 is 26.5 Å². The molecule has 470 valence electrons. The van der Waals surface area contributed by atoms with E-state index in [0.29, 0.717) is 17.4 Å². The van der Waals surface area contributed by atoms with Crippen molar-refractivity contribution in [3.05, 3.63) is 48.6 Å². The summed E-state index contributed by atoms with van der Waals surface area (Å²) in [6, 6.07) is 0. The van der Waals surface area contributed by atoms with Gasteiger partial charge in [0, 0.05) is 12.8 Å². The van der Waals surface area contributed by atoms with Crippen molar-refractivity contribution in [1.82, 2.24) is 0 Å². The fourth-order valence-corrected chi connectivity index (χ4v) is 10.8. The fraction of sp³-hybridized carbons (Fsp3) is 0.857. The maximum atomic E-state index is 12.9. The Hall–Kier alpha value is -2.03. The lowest BCUT2D eigenvalue weighted by Crippen LogP contribution is -2.37. The summed E-state index contributed by atoms with van der Waals surface area (Å²) in [6.07, 6.45) is 79.4. The molecule has 0 aliphatic rings. The second-order valence-corrected chi connectivity index (χ2v) is 26.0. The second kappa shape index (κ2) is 61.5. The molecule has 1 N–H and O–H groups in total. The first-order valence-corrected chi connectivity index (χ1v) is 35.9. The predicted octanol–water partition coefficient (Wildman–Crippen LogP) is 22.1. The fourth-order valence-electron chi connectivity index (χ4n) is 10.0. The van der Waals surface area contributed by atoms with Crippen LogP contribution in [0.25, 0.3) is 0 Å². The molecule has 0 aliphatic carbocycles. The maximum Gasteiger partial charge on any atom is 0.472 e. The van der Waals surface area contributed by atoms with Gasteiger partial charge in [0.15, 0.2) is 6.10 Å². The number of hydrogen-bond donors (Lipinski definition) is 1. The van der Waals surface area contributed by atoms with Gasteiger partial charge in [-0.25, -0.2) is 4.57 Å². The number of carbonyl (C=O) groups excluding carboxylic acids is 2. The van der Waals surface area contributed by atoms with Crippen molar-refractivity contribution in [2.45, 2.75) is 341 Å². The number of phosphoric ester groups is 1. The summed E-state index contributed by atoms with van der Waals surface area (Å²) < 4.78 is 34.7. The molecule has 0 fully saturated rings.